The van der Waals surface area contributed by atoms with Crippen LogP contribution < -0.4 is 10.1 Å². The number of carbonyl (C=O) groups is 2. The zero-order valence-corrected chi connectivity index (χ0v) is 17.9. The lowest BCUT2D eigenvalue weighted by Gasteiger charge is -2.20. The number of anilines is 1. The van der Waals surface area contributed by atoms with Crippen LogP contribution in [0.4, 0.5) is 10.1 Å². The molecule has 0 radical (unpaired) electrons. The summed E-state index contributed by atoms with van der Waals surface area (Å²) in [5.41, 5.74) is 1.96. The molecule has 2 aromatic carbocycles. The molecule has 3 aromatic rings. The van der Waals surface area contributed by atoms with Crippen molar-refractivity contribution in [2.24, 2.45) is 0 Å². The number of nitrogens with one attached hydrogen (secondary N) is 1. The summed E-state index contributed by atoms with van der Waals surface area (Å²) in [6, 6.07) is 15.1. The maximum Gasteiger partial charge on any atom is 0.248 e. The van der Waals surface area contributed by atoms with Gasteiger partial charge in [-0.15, -0.1) is 0 Å². The Morgan fingerprint density at radius 3 is 2.66 bits per heavy atom. The summed E-state index contributed by atoms with van der Waals surface area (Å²) in [6.07, 6.45) is 5.94. The van der Waals surface area contributed by atoms with Crippen LogP contribution in [0.3, 0.4) is 0 Å². The van der Waals surface area contributed by atoms with Gasteiger partial charge < -0.3 is 15.0 Å². The van der Waals surface area contributed by atoms with Crippen LogP contribution in [0.25, 0.3) is 6.08 Å². The number of hydrogen-bond acceptors (Lipinski definition) is 4. The number of carbonyl (C=O) groups excluding carboxylic acids is 2. The van der Waals surface area contributed by atoms with Gasteiger partial charge in [0.05, 0.1) is 6.20 Å². The number of para-hydroxylation sites is 1. The van der Waals surface area contributed by atoms with Gasteiger partial charge in [0.25, 0.3) is 0 Å². The van der Waals surface area contributed by atoms with Crippen LogP contribution in [0.15, 0.2) is 73.1 Å². The molecule has 0 fully saturated rings. The molecule has 1 aromatic heterocycles. The predicted octanol–water partition coefficient (Wildman–Crippen LogP) is 5.03. The summed E-state index contributed by atoms with van der Waals surface area (Å²) in [4.78, 5) is 29.7. The highest BCUT2D eigenvalue weighted by Gasteiger charge is 2.11. The molecule has 1 heterocycles. The van der Waals surface area contributed by atoms with Gasteiger partial charge in [-0.3, -0.25) is 14.6 Å². The Bertz CT molecular complexity index is 1120. The molecule has 0 aliphatic heterocycles. The van der Waals surface area contributed by atoms with Crippen molar-refractivity contribution in [2.75, 3.05) is 11.9 Å². The Morgan fingerprint density at radius 2 is 1.97 bits per heavy atom. The lowest BCUT2D eigenvalue weighted by atomic mass is 10.1. The van der Waals surface area contributed by atoms with Crippen LogP contribution in [-0.4, -0.2) is 28.2 Å². The van der Waals surface area contributed by atoms with Crippen molar-refractivity contribution < 1.29 is 18.7 Å². The number of halogens is 1. The molecular weight excluding hydrogens is 409 g/mol. The minimum Gasteiger partial charge on any atom is -0.453 e. The third-order valence-electron chi connectivity index (χ3n) is 4.71. The molecule has 3 rings (SSSR count). The Balaban J connectivity index is 1.66. The lowest BCUT2D eigenvalue weighted by Crippen LogP contribution is -2.28. The van der Waals surface area contributed by atoms with Crippen LogP contribution in [0, 0.1) is 5.82 Å². The standard InChI is InChI=1S/C25H24FN3O3/c1-3-29(18(2)30)17-20-7-4-5-9-23(20)28-25(31)13-11-19-10-12-24(22(26)15-19)32-21-8-6-14-27-16-21/h4-16H,3,17H2,1-2H3,(H,28,31)/b13-11+. The first kappa shape index (κ1) is 22.7. The maximum absolute atomic E-state index is 14.4. The number of ether oxygens (including phenoxy) is 1. The van der Waals surface area contributed by atoms with E-state index in [0.717, 1.165) is 5.56 Å². The van der Waals surface area contributed by atoms with Gasteiger partial charge >= 0.3 is 0 Å². The van der Waals surface area contributed by atoms with Crippen molar-refractivity contribution in [3.63, 3.8) is 0 Å². The summed E-state index contributed by atoms with van der Waals surface area (Å²) in [5.74, 6) is -0.449. The summed E-state index contributed by atoms with van der Waals surface area (Å²) >= 11 is 0. The van der Waals surface area contributed by atoms with Crippen LogP contribution in [0.1, 0.15) is 25.0 Å². The fourth-order valence-electron chi connectivity index (χ4n) is 3.02. The van der Waals surface area contributed by atoms with E-state index in [1.807, 2.05) is 25.1 Å². The summed E-state index contributed by atoms with van der Waals surface area (Å²) in [7, 11) is 0. The van der Waals surface area contributed by atoms with Crippen molar-refractivity contribution >= 4 is 23.6 Å². The third-order valence-corrected chi connectivity index (χ3v) is 4.71. The Kier molecular flexibility index (Phi) is 7.70. The zero-order valence-electron chi connectivity index (χ0n) is 17.9. The lowest BCUT2D eigenvalue weighted by molar-refractivity contribution is -0.129. The summed E-state index contributed by atoms with van der Waals surface area (Å²) in [5, 5.41) is 2.82. The average Bonchev–Trinajstić information content (AvgIpc) is 2.79. The largest absolute Gasteiger partial charge is 0.453 e. The number of amides is 2. The molecule has 0 bridgehead atoms. The second kappa shape index (κ2) is 10.9. The van der Waals surface area contributed by atoms with Gasteiger partial charge in [0.2, 0.25) is 11.8 Å². The minimum absolute atomic E-state index is 0.0356. The van der Waals surface area contributed by atoms with E-state index in [0.29, 0.717) is 30.1 Å². The molecule has 32 heavy (non-hydrogen) atoms. The van der Waals surface area contributed by atoms with Crippen molar-refractivity contribution in [2.45, 2.75) is 20.4 Å². The van der Waals surface area contributed by atoms with Crippen LogP contribution in [-0.2, 0) is 16.1 Å². The van der Waals surface area contributed by atoms with Gasteiger partial charge in [0.1, 0.15) is 5.75 Å². The number of benzene rings is 2. The van der Waals surface area contributed by atoms with E-state index in [2.05, 4.69) is 10.3 Å². The molecule has 1 N–H and O–H groups in total. The zero-order chi connectivity index (χ0) is 22.9. The molecule has 7 heteroatoms. The van der Waals surface area contributed by atoms with E-state index < -0.39 is 5.82 Å². The maximum atomic E-state index is 14.4. The monoisotopic (exact) mass is 433 g/mol. The summed E-state index contributed by atoms with van der Waals surface area (Å²) in [6.45, 7) is 4.39. The fraction of sp³-hybridized carbons (Fsp3) is 0.160. The molecule has 0 aliphatic carbocycles. The quantitative estimate of drug-likeness (QED) is 0.506. The molecule has 0 spiro atoms. The number of aromatic nitrogens is 1. The first-order chi connectivity index (χ1) is 15.5. The van der Waals surface area contributed by atoms with E-state index in [1.54, 1.807) is 35.4 Å². The molecule has 164 valence electrons. The fourth-order valence-corrected chi connectivity index (χ4v) is 3.02. The topological polar surface area (TPSA) is 71.5 Å². The van der Waals surface area contributed by atoms with E-state index in [-0.39, 0.29) is 17.6 Å². The molecule has 6 nitrogen and oxygen atoms in total. The van der Waals surface area contributed by atoms with E-state index in [9.17, 15) is 14.0 Å². The average molecular weight is 433 g/mol. The van der Waals surface area contributed by atoms with E-state index in [1.165, 1.54) is 37.4 Å². The molecule has 0 saturated carbocycles. The first-order valence-corrected chi connectivity index (χ1v) is 10.2. The van der Waals surface area contributed by atoms with Crippen molar-refractivity contribution in [1.29, 1.82) is 0 Å². The van der Waals surface area contributed by atoms with Gasteiger partial charge in [0, 0.05) is 38.0 Å². The molecular formula is C25H24FN3O3. The van der Waals surface area contributed by atoms with Gasteiger partial charge in [0.15, 0.2) is 11.6 Å². The minimum atomic E-state index is -0.550. The Hall–Kier alpha value is -4.00. The molecule has 0 unspecified atom stereocenters. The second-order valence-electron chi connectivity index (χ2n) is 6.99. The van der Waals surface area contributed by atoms with Crippen molar-refractivity contribution in [3.05, 3.63) is 90.0 Å². The SMILES string of the molecule is CCN(Cc1ccccc1NC(=O)/C=C/c1ccc(Oc2cccnc2)c(F)c1)C(C)=O. The molecule has 0 aliphatic rings. The van der Waals surface area contributed by atoms with E-state index in [4.69, 9.17) is 4.74 Å². The van der Waals surface area contributed by atoms with Gasteiger partial charge in [-0.2, -0.15) is 0 Å². The predicted molar refractivity (Wildman–Crippen MR) is 122 cm³/mol. The number of rotatable bonds is 8. The first-order valence-electron chi connectivity index (χ1n) is 10.2. The number of pyridine rings is 1. The third kappa shape index (κ3) is 6.25. The molecule has 2 amide bonds. The number of nitrogens with zero attached hydrogens (tertiary/aromatic N) is 2. The van der Waals surface area contributed by atoms with Crippen LogP contribution in [0.2, 0.25) is 0 Å². The van der Waals surface area contributed by atoms with E-state index >= 15 is 0 Å². The molecule has 0 saturated heterocycles. The van der Waals surface area contributed by atoms with Gasteiger partial charge in [-0.05, 0) is 54.5 Å². The highest BCUT2D eigenvalue weighted by atomic mass is 19.1. The van der Waals surface area contributed by atoms with Gasteiger partial charge in [-0.25, -0.2) is 4.39 Å². The Morgan fingerprint density at radius 1 is 1.16 bits per heavy atom. The van der Waals surface area contributed by atoms with Crippen molar-refractivity contribution in [3.8, 4) is 11.5 Å². The smallest absolute Gasteiger partial charge is 0.248 e. The Labute approximate surface area is 186 Å². The second-order valence-corrected chi connectivity index (χ2v) is 6.99. The van der Waals surface area contributed by atoms with Crippen LogP contribution in [0.5, 0.6) is 11.5 Å². The van der Waals surface area contributed by atoms with Crippen LogP contribution >= 0.6 is 0 Å². The van der Waals surface area contributed by atoms with Crippen molar-refractivity contribution in [1.82, 2.24) is 9.88 Å². The molecule has 0 atom stereocenters. The highest BCUT2D eigenvalue weighted by molar-refractivity contribution is 6.02. The van der Waals surface area contributed by atoms with Gasteiger partial charge in [-0.1, -0.05) is 24.3 Å². The normalized spacial score (nSPS) is 10.7. The highest BCUT2D eigenvalue weighted by Crippen LogP contribution is 2.25. The summed E-state index contributed by atoms with van der Waals surface area (Å²) < 4.78 is 19.8. The number of hydrogen-bond donors (Lipinski definition) is 1.